The molecule has 0 spiro atoms. The predicted molar refractivity (Wildman–Crippen MR) is 149 cm³/mol. The van der Waals surface area contributed by atoms with E-state index in [2.05, 4.69) is 19.9 Å². The second-order valence-electron chi connectivity index (χ2n) is 10.2. The van der Waals surface area contributed by atoms with Gasteiger partial charge in [-0.05, 0) is 44.7 Å². The van der Waals surface area contributed by atoms with Gasteiger partial charge in [0.2, 0.25) is 5.95 Å². The summed E-state index contributed by atoms with van der Waals surface area (Å²) in [5.41, 5.74) is 5.05. The van der Waals surface area contributed by atoms with Crippen LogP contribution in [0.5, 0.6) is 5.75 Å². The van der Waals surface area contributed by atoms with Crippen LogP contribution in [-0.4, -0.2) is 74.2 Å². The minimum Gasteiger partial charge on any atom is -0.461 e. The van der Waals surface area contributed by atoms with Crippen LogP contribution >= 0.6 is 7.60 Å². The molecule has 1 aliphatic carbocycles. The van der Waals surface area contributed by atoms with Crippen molar-refractivity contribution in [2.24, 2.45) is 10.9 Å². The molecule has 0 radical (unpaired) electrons. The van der Waals surface area contributed by atoms with E-state index in [1.54, 1.807) is 30.3 Å². The summed E-state index contributed by atoms with van der Waals surface area (Å²) in [6, 6.07) is 7.21. The maximum Gasteiger partial charge on any atom is 0.421 e. The molecular weight excluding hydrogens is 574 g/mol. The highest BCUT2D eigenvalue weighted by Gasteiger charge is 2.46. The molecule has 1 saturated heterocycles. The van der Waals surface area contributed by atoms with Gasteiger partial charge in [-0.15, -0.1) is 0 Å². The van der Waals surface area contributed by atoms with Crippen molar-refractivity contribution in [1.82, 2.24) is 19.5 Å². The van der Waals surface area contributed by atoms with Crippen molar-refractivity contribution in [2.75, 3.05) is 19.0 Å². The van der Waals surface area contributed by atoms with Crippen LogP contribution in [0.2, 0.25) is 0 Å². The van der Waals surface area contributed by atoms with E-state index in [-0.39, 0.29) is 29.0 Å². The molecule has 3 heterocycles. The number of halogens is 1. The number of hydrogen-bond donors (Lipinski definition) is 3. The monoisotopic (exact) mass is 606 g/mol. The Morgan fingerprint density at radius 1 is 1.36 bits per heavy atom. The molecule has 1 aliphatic heterocycles. The third kappa shape index (κ3) is 6.54. The average Bonchev–Trinajstić information content (AvgIpc) is 3.70. The Kier molecular flexibility index (Phi) is 9.02. The van der Waals surface area contributed by atoms with Crippen molar-refractivity contribution in [1.29, 1.82) is 0 Å². The molecule has 3 aromatic rings. The summed E-state index contributed by atoms with van der Waals surface area (Å²) in [4.78, 5) is 39.2. The second-order valence-corrected chi connectivity index (χ2v) is 11.9. The number of imidazole rings is 1. The lowest BCUT2D eigenvalue weighted by Gasteiger charge is -2.21. The number of aliphatic imine (C=N–C) groups is 1. The highest BCUT2D eigenvalue weighted by molar-refractivity contribution is 7.70. The van der Waals surface area contributed by atoms with Crippen LogP contribution in [0.25, 0.3) is 11.2 Å². The minimum atomic E-state index is -4.19. The third-order valence-corrected chi connectivity index (χ3v) is 8.57. The lowest BCUT2D eigenvalue weighted by molar-refractivity contribution is -0.149. The fourth-order valence-corrected chi connectivity index (χ4v) is 6.21. The van der Waals surface area contributed by atoms with Crippen molar-refractivity contribution in [3.05, 3.63) is 47.0 Å². The normalized spacial score (nSPS) is 25.1. The van der Waals surface area contributed by atoms with E-state index in [4.69, 9.17) is 24.3 Å². The number of fused-ring (bicyclic) bond motifs is 1. The summed E-state index contributed by atoms with van der Waals surface area (Å²) in [6.07, 6.45) is 0.915. The Bertz CT molecular complexity index is 1530. The van der Waals surface area contributed by atoms with Crippen LogP contribution in [0.4, 0.5) is 10.3 Å². The zero-order chi connectivity index (χ0) is 29.9. The number of hydrogen-bond acceptors (Lipinski definition) is 12. The lowest BCUT2D eigenvalue weighted by atomic mass is 10.0. The summed E-state index contributed by atoms with van der Waals surface area (Å²) in [5.74, 6) is -0.708. The first kappa shape index (κ1) is 29.8. The first-order valence-electron chi connectivity index (χ1n) is 13.5. The molecule has 0 bridgehead atoms. The highest BCUT2D eigenvalue weighted by atomic mass is 31.2. The number of benzene rings is 1. The van der Waals surface area contributed by atoms with Crippen LogP contribution in [0.3, 0.4) is 0 Å². The Morgan fingerprint density at radius 3 is 2.81 bits per heavy atom. The molecular formula is C26H32FN6O8P. The summed E-state index contributed by atoms with van der Waals surface area (Å²) in [6.45, 7) is 0.0283. The number of anilines is 1. The molecule has 42 heavy (non-hydrogen) atoms. The first-order chi connectivity index (χ1) is 20.2. The number of aliphatic hydroxyl groups excluding tert-OH is 1. The SMILES string of the molecule is C[C@H](N=CP(=O)(OC[C@H]1O[C@@H](n2cnc3c(=O)[nH]c(N)nc32)[C@H](O)[C@@H]1CF)Oc1ccccc1)C(=O)OC1CCCC1. The topological polar surface area (TPSA) is 193 Å². The number of nitrogens with two attached hydrogens (primary N) is 1. The first-order valence-corrected chi connectivity index (χ1v) is 15.1. The van der Waals surface area contributed by atoms with Crippen LogP contribution in [0.15, 0.2) is 46.4 Å². The fraction of sp³-hybridized carbons (Fsp3) is 0.500. The Morgan fingerprint density at radius 2 is 2.10 bits per heavy atom. The number of H-pyrrole nitrogens is 1. The fourth-order valence-electron chi connectivity index (χ4n) is 4.91. The second kappa shape index (κ2) is 12.7. The summed E-state index contributed by atoms with van der Waals surface area (Å²) in [5, 5.41) is 10.9. The van der Waals surface area contributed by atoms with E-state index in [0.717, 1.165) is 31.6 Å². The van der Waals surface area contributed by atoms with Crippen LogP contribution in [0.1, 0.15) is 38.8 Å². The Balaban J connectivity index is 1.33. The maximum atomic E-state index is 14.1. The third-order valence-electron chi connectivity index (χ3n) is 7.18. The number of rotatable bonds is 11. The predicted octanol–water partition coefficient (Wildman–Crippen LogP) is 2.74. The molecule has 1 saturated carbocycles. The van der Waals surface area contributed by atoms with Crippen molar-refractivity contribution < 1.29 is 37.4 Å². The number of para-hydroxylation sites is 1. The van der Waals surface area contributed by atoms with Gasteiger partial charge in [0.15, 0.2) is 17.4 Å². The number of nitrogens with one attached hydrogen (secondary N) is 1. The molecule has 226 valence electrons. The van der Waals surface area contributed by atoms with Crippen molar-refractivity contribution in [3.8, 4) is 5.75 Å². The van der Waals surface area contributed by atoms with Gasteiger partial charge in [0.05, 0.1) is 25.7 Å². The standard InChI is InChI=1S/C26H32FN6O8P/c1-15(25(36)39-16-7-5-6-8-16)30-14-42(37,41-17-9-3-2-4-10-17)38-12-19-18(11-27)21(34)24(40-19)33-13-29-20-22(33)31-26(28)32-23(20)35/h2-4,9-10,13-16,18-19,21,24,34H,5-8,11-12H2,1H3,(H3,28,31,32,35)/t15-,18+,19+,21+,24+,42?/m0/s1. The summed E-state index contributed by atoms with van der Waals surface area (Å²) >= 11 is 0. The Hall–Kier alpha value is -3.65. The molecule has 4 N–H and O–H groups in total. The Labute approximate surface area is 239 Å². The molecule has 16 heteroatoms. The van der Waals surface area contributed by atoms with E-state index in [0.29, 0.717) is 0 Å². The quantitative estimate of drug-likeness (QED) is 0.165. The molecule has 1 aromatic carbocycles. The average molecular weight is 607 g/mol. The van der Waals surface area contributed by atoms with Crippen molar-refractivity contribution in [3.63, 3.8) is 0 Å². The number of carbonyl (C=O) groups excluding carboxylic acids is 1. The molecule has 5 rings (SSSR count). The summed E-state index contributed by atoms with van der Waals surface area (Å²) in [7, 11) is -4.19. The molecule has 0 amide bonds. The summed E-state index contributed by atoms with van der Waals surface area (Å²) < 4.78 is 51.9. The lowest BCUT2D eigenvalue weighted by Crippen LogP contribution is -2.30. The number of carbonyl (C=O) groups is 1. The largest absolute Gasteiger partial charge is 0.461 e. The van der Waals surface area contributed by atoms with Crippen LogP contribution in [0, 0.1) is 5.92 Å². The number of aromatic nitrogens is 4. The van der Waals surface area contributed by atoms with E-state index in [1.165, 1.54) is 17.8 Å². The number of aliphatic hydroxyl groups is 1. The number of ether oxygens (including phenoxy) is 2. The van der Waals surface area contributed by atoms with Gasteiger partial charge in [-0.3, -0.25) is 28.3 Å². The molecule has 2 aliphatic rings. The molecule has 14 nitrogen and oxygen atoms in total. The van der Waals surface area contributed by atoms with Gasteiger partial charge in [0.1, 0.15) is 30.0 Å². The number of nitrogen functional groups attached to an aromatic ring is 1. The van der Waals surface area contributed by atoms with E-state index >= 15 is 0 Å². The van der Waals surface area contributed by atoms with Gasteiger partial charge in [-0.25, -0.2) is 14.3 Å². The van der Waals surface area contributed by atoms with Gasteiger partial charge in [-0.2, -0.15) is 4.98 Å². The van der Waals surface area contributed by atoms with Gasteiger partial charge < -0.3 is 24.8 Å². The highest BCUT2D eigenvalue weighted by Crippen LogP contribution is 2.47. The number of esters is 1. The van der Waals surface area contributed by atoms with Crippen molar-refractivity contribution in [2.45, 2.75) is 63.2 Å². The number of aromatic amines is 1. The van der Waals surface area contributed by atoms with E-state index < -0.39 is 62.8 Å². The molecule has 6 atom stereocenters. The number of nitrogens with zero attached hydrogens (tertiary/aromatic N) is 4. The zero-order valence-electron chi connectivity index (χ0n) is 22.7. The van der Waals surface area contributed by atoms with E-state index in [9.17, 15) is 23.7 Å². The van der Waals surface area contributed by atoms with Gasteiger partial charge in [-0.1, -0.05) is 18.2 Å². The molecule has 2 fully saturated rings. The van der Waals surface area contributed by atoms with Crippen molar-refractivity contribution >= 4 is 36.6 Å². The maximum absolute atomic E-state index is 14.1. The van der Waals surface area contributed by atoms with E-state index in [1.807, 2.05) is 0 Å². The van der Waals surface area contributed by atoms with Gasteiger partial charge >= 0.3 is 13.6 Å². The van der Waals surface area contributed by atoms with Gasteiger partial charge in [0, 0.05) is 5.92 Å². The number of alkyl halides is 1. The van der Waals surface area contributed by atoms with Crippen LogP contribution < -0.4 is 15.8 Å². The van der Waals surface area contributed by atoms with Gasteiger partial charge in [0.25, 0.3) is 5.56 Å². The zero-order valence-corrected chi connectivity index (χ0v) is 23.6. The minimum absolute atomic E-state index is 0.0307. The molecule has 2 aromatic heterocycles. The smallest absolute Gasteiger partial charge is 0.421 e. The van der Waals surface area contributed by atoms with Crippen LogP contribution in [-0.2, 0) is 23.4 Å². The molecule has 1 unspecified atom stereocenters.